The molecule has 0 aliphatic carbocycles. The molecule has 0 saturated carbocycles. The van der Waals surface area contributed by atoms with Crippen molar-refractivity contribution < 1.29 is 4.52 Å². The van der Waals surface area contributed by atoms with Crippen LogP contribution in [0.25, 0.3) is 21.8 Å². The van der Waals surface area contributed by atoms with Crippen molar-refractivity contribution in [3.63, 3.8) is 0 Å². The number of halogens is 2. The molecule has 6 heteroatoms. The van der Waals surface area contributed by atoms with E-state index in [0.29, 0.717) is 0 Å². The van der Waals surface area contributed by atoms with Gasteiger partial charge in [-0.2, -0.15) is 0 Å². The van der Waals surface area contributed by atoms with E-state index in [0.717, 1.165) is 32.2 Å². The van der Waals surface area contributed by atoms with E-state index in [1.165, 1.54) is 32.9 Å². The Bertz CT molecular complexity index is 1730. The maximum atomic E-state index is 7.18. The van der Waals surface area contributed by atoms with Crippen molar-refractivity contribution in [1.29, 1.82) is 0 Å². The molecule has 0 fully saturated rings. The summed E-state index contributed by atoms with van der Waals surface area (Å²) in [5.41, 5.74) is 5.92. The van der Waals surface area contributed by atoms with Gasteiger partial charge in [0.05, 0.1) is 10.2 Å². The molecule has 38 heavy (non-hydrogen) atoms. The van der Waals surface area contributed by atoms with Crippen LogP contribution >= 0.6 is 39.1 Å². The van der Waals surface area contributed by atoms with Crippen LogP contribution in [0.4, 0.5) is 5.69 Å². The van der Waals surface area contributed by atoms with E-state index in [9.17, 15) is 0 Å². The summed E-state index contributed by atoms with van der Waals surface area (Å²) in [4.78, 5) is 0. The smallest absolute Gasteiger partial charge is 0.173 e. The molecule has 5 rings (SSSR count). The van der Waals surface area contributed by atoms with Crippen LogP contribution in [0.3, 0.4) is 0 Å². The van der Waals surface area contributed by atoms with Crippen LogP contribution in [0.5, 0.6) is 5.75 Å². The summed E-state index contributed by atoms with van der Waals surface area (Å²) in [5, 5.41) is 3.34. The first-order chi connectivity index (χ1) is 18.0. The molecule has 0 bridgehead atoms. The SMILES string of the molecule is CCn1c2ccccc2c2cc([P@@](=Nc3ccc(C)c(C)c3)(Oc3ccc(Br)cc3Br)C(C)(C)C)ccc21. The molecule has 0 amide bonds. The summed E-state index contributed by atoms with van der Waals surface area (Å²) in [6, 6.07) is 28.0. The van der Waals surface area contributed by atoms with Crippen LogP contribution in [0.2, 0.25) is 0 Å². The van der Waals surface area contributed by atoms with E-state index in [1.54, 1.807) is 0 Å². The zero-order valence-corrected chi connectivity index (χ0v) is 26.8. The third-order valence-corrected chi connectivity index (χ3v) is 12.1. The van der Waals surface area contributed by atoms with Gasteiger partial charge in [0, 0.05) is 43.3 Å². The van der Waals surface area contributed by atoms with E-state index in [2.05, 4.69) is 139 Å². The predicted molar refractivity (Wildman–Crippen MR) is 172 cm³/mol. The normalized spacial score (nSPS) is 13.6. The van der Waals surface area contributed by atoms with Crippen molar-refractivity contribution in [2.24, 2.45) is 4.74 Å². The fraction of sp³-hybridized carbons (Fsp3) is 0.250. The quantitative estimate of drug-likeness (QED) is 0.174. The Morgan fingerprint density at radius 2 is 1.55 bits per heavy atom. The largest absolute Gasteiger partial charge is 0.454 e. The van der Waals surface area contributed by atoms with Crippen molar-refractivity contribution in [3.8, 4) is 5.75 Å². The molecule has 0 aliphatic rings. The summed E-state index contributed by atoms with van der Waals surface area (Å²) in [7, 11) is -2.66. The summed E-state index contributed by atoms with van der Waals surface area (Å²) in [5.74, 6) is 0.792. The molecule has 1 heterocycles. The van der Waals surface area contributed by atoms with Crippen LogP contribution in [-0.4, -0.2) is 9.72 Å². The highest BCUT2D eigenvalue weighted by Gasteiger charge is 2.39. The minimum Gasteiger partial charge on any atom is -0.454 e. The second kappa shape index (κ2) is 10.3. The maximum absolute atomic E-state index is 7.18. The lowest BCUT2D eigenvalue weighted by molar-refractivity contribution is 0.568. The van der Waals surface area contributed by atoms with Gasteiger partial charge >= 0.3 is 0 Å². The highest BCUT2D eigenvalue weighted by molar-refractivity contribution is 9.11. The van der Waals surface area contributed by atoms with Crippen LogP contribution in [0.15, 0.2) is 92.6 Å². The Balaban J connectivity index is 1.86. The van der Waals surface area contributed by atoms with E-state index >= 15 is 0 Å². The van der Waals surface area contributed by atoms with E-state index in [1.807, 2.05) is 18.2 Å². The van der Waals surface area contributed by atoms with Gasteiger partial charge in [0.25, 0.3) is 0 Å². The minimum absolute atomic E-state index is 0.283. The number of aryl methyl sites for hydroxylation is 3. The lowest BCUT2D eigenvalue weighted by Crippen LogP contribution is -2.27. The molecule has 0 aliphatic heterocycles. The zero-order chi connectivity index (χ0) is 27.2. The second-order valence-electron chi connectivity index (χ2n) is 10.7. The number of benzene rings is 4. The summed E-state index contributed by atoms with van der Waals surface area (Å²) < 4.78 is 17.0. The van der Waals surface area contributed by atoms with Crippen molar-refractivity contribution in [3.05, 3.63) is 98.9 Å². The lowest BCUT2D eigenvalue weighted by atomic mass is 10.1. The highest BCUT2D eigenvalue weighted by atomic mass is 79.9. The van der Waals surface area contributed by atoms with Crippen molar-refractivity contribution in [2.75, 3.05) is 0 Å². The maximum Gasteiger partial charge on any atom is 0.173 e. The monoisotopic (exact) mass is 650 g/mol. The topological polar surface area (TPSA) is 26.5 Å². The lowest BCUT2D eigenvalue weighted by Gasteiger charge is -2.37. The number of hydrogen-bond acceptors (Lipinski definition) is 2. The Morgan fingerprint density at radius 1 is 0.816 bits per heavy atom. The van der Waals surface area contributed by atoms with Crippen molar-refractivity contribution in [2.45, 2.75) is 53.2 Å². The first-order valence-corrected chi connectivity index (χ1v) is 16.1. The molecule has 0 saturated heterocycles. The fourth-order valence-corrected chi connectivity index (χ4v) is 9.36. The van der Waals surface area contributed by atoms with Gasteiger partial charge in [-0.05, 0) is 102 Å². The number of hydrogen-bond donors (Lipinski definition) is 0. The average molecular weight is 652 g/mol. The van der Waals surface area contributed by atoms with Gasteiger partial charge in [-0.3, -0.25) is 0 Å². The molecule has 196 valence electrons. The van der Waals surface area contributed by atoms with E-state index < -0.39 is 7.28 Å². The van der Waals surface area contributed by atoms with Gasteiger partial charge < -0.3 is 9.09 Å². The Labute approximate surface area is 242 Å². The number of rotatable bonds is 5. The summed E-state index contributed by atoms with van der Waals surface area (Å²) >= 11 is 7.33. The molecule has 1 aromatic heterocycles. The van der Waals surface area contributed by atoms with Gasteiger partial charge in [-0.1, -0.05) is 61.0 Å². The van der Waals surface area contributed by atoms with Gasteiger partial charge in [0.15, 0.2) is 7.28 Å². The van der Waals surface area contributed by atoms with Crippen LogP contribution in [-0.2, 0) is 6.54 Å². The molecule has 0 spiro atoms. The number of nitrogens with zero attached hydrogens (tertiary/aromatic N) is 2. The summed E-state index contributed by atoms with van der Waals surface area (Å²) in [6.45, 7) is 14.1. The number of para-hydroxylation sites is 1. The van der Waals surface area contributed by atoms with Crippen LogP contribution < -0.4 is 9.83 Å². The first kappa shape index (κ1) is 27.2. The third kappa shape index (κ3) is 4.78. The fourth-order valence-electron chi connectivity index (χ4n) is 5.02. The van der Waals surface area contributed by atoms with Gasteiger partial charge in [0.1, 0.15) is 5.75 Å². The second-order valence-corrected chi connectivity index (χ2v) is 15.9. The standard InChI is InChI=1S/C32H33Br2N2OP/c1-7-36-29-11-9-8-10-26(29)27-20-25(15-16-30(27)36)38(32(4,5)6,35-24-14-12-21(2)22(3)18-24)37-31-17-13-23(33)19-28(31)34/h8-20H,7H2,1-6H3/t38-/m1/s1. The van der Waals surface area contributed by atoms with Crippen molar-refractivity contribution >= 4 is 71.9 Å². The average Bonchev–Trinajstić information content (AvgIpc) is 3.19. The van der Waals surface area contributed by atoms with Gasteiger partial charge in [0.2, 0.25) is 0 Å². The van der Waals surface area contributed by atoms with Gasteiger partial charge in [-0.25, -0.2) is 4.74 Å². The van der Waals surface area contributed by atoms with E-state index in [4.69, 9.17) is 9.27 Å². The third-order valence-electron chi connectivity index (χ3n) is 7.20. The first-order valence-electron chi connectivity index (χ1n) is 12.9. The minimum atomic E-state index is -2.66. The molecular weight excluding hydrogens is 619 g/mol. The molecule has 1 atom stereocenters. The van der Waals surface area contributed by atoms with Gasteiger partial charge in [-0.15, -0.1) is 0 Å². The Morgan fingerprint density at radius 3 is 2.24 bits per heavy atom. The Kier molecular flexibility index (Phi) is 7.41. The zero-order valence-electron chi connectivity index (χ0n) is 22.7. The van der Waals surface area contributed by atoms with Crippen LogP contribution in [0, 0.1) is 13.8 Å². The molecule has 4 aromatic carbocycles. The predicted octanol–water partition coefficient (Wildman–Crippen LogP) is 10.9. The Hall–Kier alpha value is -2.33. The van der Waals surface area contributed by atoms with Crippen LogP contribution in [0.1, 0.15) is 38.8 Å². The molecule has 0 N–H and O–H groups in total. The molecule has 0 unspecified atom stereocenters. The van der Waals surface area contributed by atoms with E-state index in [-0.39, 0.29) is 5.16 Å². The molecule has 5 aromatic rings. The number of fused-ring (bicyclic) bond motifs is 3. The molecule has 0 radical (unpaired) electrons. The number of aromatic nitrogens is 1. The van der Waals surface area contributed by atoms with Crippen molar-refractivity contribution in [1.82, 2.24) is 4.57 Å². The molecule has 3 nitrogen and oxygen atoms in total. The summed E-state index contributed by atoms with van der Waals surface area (Å²) in [6.07, 6.45) is 0. The highest BCUT2D eigenvalue weighted by Crippen LogP contribution is 2.63. The molecular formula is C32H33Br2N2OP.